The third-order valence-corrected chi connectivity index (χ3v) is 4.00. The van der Waals surface area contributed by atoms with Gasteiger partial charge in [-0.3, -0.25) is 4.79 Å². The Kier molecular flexibility index (Phi) is 5.08. The summed E-state index contributed by atoms with van der Waals surface area (Å²) in [6, 6.07) is 8.01. The summed E-state index contributed by atoms with van der Waals surface area (Å²) in [5, 5.41) is 2.99. The van der Waals surface area contributed by atoms with E-state index in [2.05, 4.69) is 16.3 Å². The Morgan fingerprint density at radius 1 is 1.32 bits per heavy atom. The van der Waals surface area contributed by atoms with Crippen molar-refractivity contribution in [1.82, 2.24) is 0 Å². The maximum Gasteiger partial charge on any atom is 0.228 e. The minimum Gasteiger partial charge on any atom is -0.370 e. The third-order valence-electron chi connectivity index (χ3n) is 3.54. The van der Waals surface area contributed by atoms with Gasteiger partial charge in [-0.15, -0.1) is 11.6 Å². The van der Waals surface area contributed by atoms with E-state index in [0.29, 0.717) is 5.88 Å². The van der Waals surface area contributed by atoms with E-state index in [9.17, 15) is 4.79 Å². The second-order valence-electron chi connectivity index (χ2n) is 5.11. The Balaban J connectivity index is 2.13. The maximum atomic E-state index is 12.0. The molecule has 1 N–H and O–H groups in total. The Morgan fingerprint density at radius 3 is 2.68 bits per heavy atom. The van der Waals surface area contributed by atoms with Gasteiger partial charge >= 0.3 is 0 Å². The second kappa shape index (κ2) is 6.80. The molecule has 1 aliphatic heterocycles. The molecule has 1 aromatic carbocycles. The normalized spacial score (nSPS) is 17.1. The third kappa shape index (κ3) is 3.63. The topological polar surface area (TPSA) is 32.3 Å². The van der Waals surface area contributed by atoms with Gasteiger partial charge in [0.2, 0.25) is 5.91 Å². The second-order valence-corrected chi connectivity index (χ2v) is 5.42. The number of piperidine rings is 1. The number of nitrogens with one attached hydrogen (secondary N) is 1. The Hall–Kier alpha value is -1.22. The van der Waals surface area contributed by atoms with Gasteiger partial charge in [-0.2, -0.15) is 0 Å². The number of para-hydroxylation sites is 2. The lowest BCUT2D eigenvalue weighted by atomic mass is 10.1. The number of hydrogen-bond acceptors (Lipinski definition) is 2. The van der Waals surface area contributed by atoms with E-state index in [1.165, 1.54) is 19.3 Å². The van der Waals surface area contributed by atoms with Crippen LogP contribution in [0.2, 0.25) is 0 Å². The van der Waals surface area contributed by atoms with Gasteiger partial charge in [0.05, 0.1) is 11.4 Å². The first kappa shape index (κ1) is 14.2. The van der Waals surface area contributed by atoms with Crippen LogP contribution < -0.4 is 10.2 Å². The first-order chi connectivity index (χ1) is 9.22. The fraction of sp³-hybridized carbons (Fsp3) is 0.533. The number of anilines is 2. The van der Waals surface area contributed by atoms with Crippen molar-refractivity contribution in [3.05, 3.63) is 24.3 Å². The summed E-state index contributed by atoms with van der Waals surface area (Å²) in [5.74, 6) is 0.160. The summed E-state index contributed by atoms with van der Waals surface area (Å²) in [6.07, 6.45) is 3.75. The van der Waals surface area contributed by atoms with E-state index in [0.717, 1.165) is 24.5 Å². The fourth-order valence-corrected chi connectivity index (χ4v) is 2.46. The number of nitrogens with zero attached hydrogens (tertiary/aromatic N) is 1. The van der Waals surface area contributed by atoms with Crippen molar-refractivity contribution < 1.29 is 4.79 Å². The highest BCUT2D eigenvalue weighted by molar-refractivity contribution is 6.19. The fourth-order valence-electron chi connectivity index (χ4n) is 2.32. The number of carbonyl (C=O) groups is 1. The van der Waals surface area contributed by atoms with Gasteiger partial charge in [0.15, 0.2) is 0 Å². The van der Waals surface area contributed by atoms with E-state index in [1.54, 1.807) is 0 Å². The molecule has 0 radical (unpaired) electrons. The van der Waals surface area contributed by atoms with E-state index < -0.39 is 0 Å². The van der Waals surface area contributed by atoms with Gasteiger partial charge in [-0.1, -0.05) is 19.1 Å². The van der Waals surface area contributed by atoms with E-state index >= 15 is 0 Å². The highest BCUT2D eigenvalue weighted by atomic mass is 35.5. The van der Waals surface area contributed by atoms with E-state index in [-0.39, 0.29) is 11.8 Å². The van der Waals surface area contributed by atoms with Crippen LogP contribution in [0.25, 0.3) is 0 Å². The molecule has 2 rings (SSSR count). The van der Waals surface area contributed by atoms with Crippen molar-refractivity contribution in [3.8, 4) is 0 Å². The molecule has 0 aromatic heterocycles. The lowest BCUT2D eigenvalue weighted by Gasteiger charge is -2.30. The predicted octanol–water partition coefficient (Wildman–Crippen LogP) is 3.49. The van der Waals surface area contributed by atoms with Crippen LogP contribution in [-0.2, 0) is 4.79 Å². The minimum absolute atomic E-state index is 0.0144. The van der Waals surface area contributed by atoms with Crippen LogP contribution in [0.5, 0.6) is 0 Å². The first-order valence-corrected chi connectivity index (χ1v) is 7.46. The van der Waals surface area contributed by atoms with Crippen LogP contribution >= 0.6 is 11.6 Å². The van der Waals surface area contributed by atoms with E-state index in [1.807, 2.05) is 25.1 Å². The highest BCUT2D eigenvalue weighted by Gasteiger charge is 2.17. The zero-order valence-corrected chi connectivity index (χ0v) is 12.1. The Morgan fingerprint density at radius 2 is 2.00 bits per heavy atom. The van der Waals surface area contributed by atoms with Gasteiger partial charge in [0.25, 0.3) is 0 Å². The molecule has 3 nitrogen and oxygen atoms in total. The molecule has 1 aromatic rings. The van der Waals surface area contributed by atoms with Gasteiger partial charge < -0.3 is 10.2 Å². The predicted molar refractivity (Wildman–Crippen MR) is 81.0 cm³/mol. The molecule has 1 aliphatic rings. The van der Waals surface area contributed by atoms with Crippen LogP contribution in [0.3, 0.4) is 0 Å². The quantitative estimate of drug-likeness (QED) is 0.856. The molecule has 0 spiro atoms. The van der Waals surface area contributed by atoms with Crippen LogP contribution in [0.4, 0.5) is 11.4 Å². The van der Waals surface area contributed by atoms with Crippen molar-refractivity contribution in [3.63, 3.8) is 0 Å². The van der Waals surface area contributed by atoms with Gasteiger partial charge in [-0.25, -0.2) is 0 Å². The molecule has 0 bridgehead atoms. The number of amides is 1. The Labute approximate surface area is 119 Å². The Bertz CT molecular complexity index is 430. The molecule has 1 amide bonds. The molecule has 1 atom stereocenters. The lowest BCUT2D eigenvalue weighted by Crippen LogP contribution is -2.31. The monoisotopic (exact) mass is 280 g/mol. The zero-order valence-electron chi connectivity index (χ0n) is 11.4. The number of rotatable bonds is 4. The zero-order chi connectivity index (χ0) is 13.7. The molecular formula is C15H21ClN2O. The summed E-state index contributed by atoms with van der Waals surface area (Å²) < 4.78 is 0. The van der Waals surface area contributed by atoms with Crippen LogP contribution in [0.1, 0.15) is 26.2 Å². The highest BCUT2D eigenvalue weighted by Crippen LogP contribution is 2.28. The van der Waals surface area contributed by atoms with Gasteiger partial charge in [0, 0.05) is 24.9 Å². The van der Waals surface area contributed by atoms with Crippen molar-refractivity contribution in [2.45, 2.75) is 26.2 Å². The maximum absolute atomic E-state index is 12.0. The molecule has 1 saturated heterocycles. The smallest absolute Gasteiger partial charge is 0.228 e. The summed E-state index contributed by atoms with van der Waals surface area (Å²) >= 11 is 5.73. The molecule has 4 heteroatoms. The van der Waals surface area contributed by atoms with E-state index in [4.69, 9.17) is 11.6 Å². The molecule has 0 saturated carbocycles. The minimum atomic E-state index is -0.170. The molecule has 19 heavy (non-hydrogen) atoms. The molecule has 1 heterocycles. The first-order valence-electron chi connectivity index (χ1n) is 6.93. The standard InChI is InChI=1S/C15H21ClN2O/c1-12(11-16)15(19)17-13-7-3-4-8-14(13)18-9-5-2-6-10-18/h3-4,7-8,12H,2,5-6,9-11H2,1H3,(H,17,19). The molecule has 1 fully saturated rings. The average molecular weight is 281 g/mol. The van der Waals surface area contributed by atoms with Crippen LogP contribution in [-0.4, -0.2) is 24.9 Å². The summed E-state index contributed by atoms with van der Waals surface area (Å²) in [7, 11) is 0. The van der Waals surface area contributed by atoms with Crippen molar-refractivity contribution in [2.24, 2.45) is 5.92 Å². The number of hydrogen-bond donors (Lipinski definition) is 1. The van der Waals surface area contributed by atoms with Gasteiger partial charge in [0.1, 0.15) is 0 Å². The average Bonchev–Trinajstić information content (AvgIpc) is 2.47. The number of benzene rings is 1. The number of alkyl halides is 1. The molecular weight excluding hydrogens is 260 g/mol. The number of carbonyl (C=O) groups excluding carboxylic acids is 1. The summed E-state index contributed by atoms with van der Waals surface area (Å²) in [4.78, 5) is 14.3. The molecule has 0 aliphatic carbocycles. The summed E-state index contributed by atoms with van der Waals surface area (Å²) in [6.45, 7) is 3.97. The largest absolute Gasteiger partial charge is 0.370 e. The molecule has 1 unspecified atom stereocenters. The lowest BCUT2D eigenvalue weighted by molar-refractivity contribution is -0.118. The van der Waals surface area contributed by atoms with Crippen molar-refractivity contribution in [2.75, 3.05) is 29.2 Å². The number of halogens is 1. The SMILES string of the molecule is CC(CCl)C(=O)Nc1ccccc1N1CCCCC1. The van der Waals surface area contributed by atoms with Gasteiger partial charge in [-0.05, 0) is 31.4 Å². The van der Waals surface area contributed by atoms with Crippen LogP contribution in [0.15, 0.2) is 24.3 Å². The van der Waals surface area contributed by atoms with Crippen LogP contribution in [0, 0.1) is 5.92 Å². The van der Waals surface area contributed by atoms with Crippen molar-refractivity contribution >= 4 is 28.9 Å². The molecule has 104 valence electrons. The van der Waals surface area contributed by atoms with Crippen molar-refractivity contribution in [1.29, 1.82) is 0 Å². The summed E-state index contributed by atoms with van der Waals surface area (Å²) in [5.41, 5.74) is 2.02.